The highest BCUT2D eigenvalue weighted by molar-refractivity contribution is 9.10. The molecule has 0 spiro atoms. The summed E-state index contributed by atoms with van der Waals surface area (Å²) < 4.78 is 34.4. The quantitative estimate of drug-likeness (QED) is 0.404. The molecular formula is C25H27BrN2O4S. The number of anilines is 1. The van der Waals surface area contributed by atoms with Crippen LogP contribution in [0, 0.1) is 20.8 Å². The molecule has 33 heavy (non-hydrogen) atoms. The fourth-order valence-electron chi connectivity index (χ4n) is 3.16. The van der Waals surface area contributed by atoms with E-state index in [1.165, 1.54) is 0 Å². The van der Waals surface area contributed by atoms with Gasteiger partial charge in [0.15, 0.2) is 0 Å². The van der Waals surface area contributed by atoms with E-state index < -0.39 is 15.9 Å². The Bertz CT molecular complexity index is 1210. The summed E-state index contributed by atoms with van der Waals surface area (Å²) in [7, 11) is -3.94. The van der Waals surface area contributed by atoms with Crippen LogP contribution in [-0.4, -0.2) is 34.0 Å². The standard InChI is InChI=1S/C25H27BrN2O4S/c1-18-5-12-23(13-6-18)33(30,31)28(22-10-8-21(26)9-11-22)17-25(29)27-14-15-32-24-16-19(2)4-7-20(24)3/h4-13,16H,14-15,17H2,1-3H3,(H,27,29). The monoisotopic (exact) mass is 530 g/mol. The number of hydrogen-bond donors (Lipinski definition) is 1. The maximum absolute atomic E-state index is 13.4. The molecule has 0 aliphatic carbocycles. The number of ether oxygens (including phenoxy) is 1. The third-order valence-corrected chi connectivity index (χ3v) is 7.35. The summed E-state index contributed by atoms with van der Waals surface area (Å²) in [5, 5.41) is 2.75. The van der Waals surface area contributed by atoms with Crippen molar-refractivity contribution < 1.29 is 17.9 Å². The van der Waals surface area contributed by atoms with Crippen molar-refractivity contribution in [2.75, 3.05) is 24.0 Å². The molecule has 0 fully saturated rings. The molecule has 0 radical (unpaired) electrons. The van der Waals surface area contributed by atoms with Gasteiger partial charge in [-0.25, -0.2) is 8.42 Å². The molecule has 0 unspecified atom stereocenters. The van der Waals surface area contributed by atoms with Gasteiger partial charge in [-0.2, -0.15) is 0 Å². The third-order valence-electron chi connectivity index (χ3n) is 5.04. The van der Waals surface area contributed by atoms with Gasteiger partial charge in [-0.3, -0.25) is 9.10 Å². The second-order valence-electron chi connectivity index (χ2n) is 7.77. The van der Waals surface area contributed by atoms with Gasteiger partial charge >= 0.3 is 0 Å². The number of carbonyl (C=O) groups excluding carboxylic acids is 1. The maximum atomic E-state index is 13.4. The maximum Gasteiger partial charge on any atom is 0.264 e. The normalized spacial score (nSPS) is 11.2. The molecular weight excluding hydrogens is 504 g/mol. The number of nitrogens with one attached hydrogen (secondary N) is 1. The fraction of sp³-hybridized carbons (Fsp3) is 0.240. The lowest BCUT2D eigenvalue weighted by atomic mass is 10.1. The van der Waals surface area contributed by atoms with Crippen molar-refractivity contribution in [1.29, 1.82) is 0 Å². The Hall–Kier alpha value is -2.84. The number of sulfonamides is 1. The molecule has 3 aromatic carbocycles. The first-order chi connectivity index (χ1) is 15.7. The van der Waals surface area contributed by atoms with Crippen LogP contribution in [-0.2, 0) is 14.8 Å². The number of halogens is 1. The average Bonchev–Trinajstić information content (AvgIpc) is 2.78. The highest BCUT2D eigenvalue weighted by atomic mass is 79.9. The average molecular weight is 531 g/mol. The lowest BCUT2D eigenvalue weighted by Gasteiger charge is -2.24. The van der Waals surface area contributed by atoms with Gasteiger partial charge in [-0.1, -0.05) is 45.8 Å². The smallest absolute Gasteiger partial charge is 0.264 e. The van der Waals surface area contributed by atoms with Crippen molar-refractivity contribution in [3.63, 3.8) is 0 Å². The van der Waals surface area contributed by atoms with E-state index >= 15 is 0 Å². The van der Waals surface area contributed by atoms with E-state index in [0.717, 1.165) is 31.2 Å². The van der Waals surface area contributed by atoms with Gasteiger partial charge in [-0.15, -0.1) is 0 Å². The van der Waals surface area contributed by atoms with Crippen LogP contribution in [0.15, 0.2) is 76.1 Å². The molecule has 0 saturated carbocycles. The van der Waals surface area contributed by atoms with Crippen LogP contribution in [0.25, 0.3) is 0 Å². The first kappa shape index (κ1) is 24.8. The van der Waals surface area contributed by atoms with Gasteiger partial charge in [-0.05, 0) is 74.4 Å². The Morgan fingerprint density at radius 2 is 1.58 bits per heavy atom. The first-order valence-corrected chi connectivity index (χ1v) is 12.7. The molecule has 0 heterocycles. The predicted molar refractivity (Wildman–Crippen MR) is 134 cm³/mol. The second-order valence-corrected chi connectivity index (χ2v) is 10.5. The van der Waals surface area contributed by atoms with Gasteiger partial charge < -0.3 is 10.1 Å². The summed E-state index contributed by atoms with van der Waals surface area (Å²) >= 11 is 3.36. The molecule has 0 aliphatic rings. The SMILES string of the molecule is Cc1ccc(S(=O)(=O)N(CC(=O)NCCOc2cc(C)ccc2C)c2ccc(Br)cc2)cc1. The van der Waals surface area contributed by atoms with Gasteiger partial charge in [0.25, 0.3) is 10.0 Å². The zero-order valence-electron chi connectivity index (χ0n) is 18.8. The Morgan fingerprint density at radius 1 is 0.939 bits per heavy atom. The summed E-state index contributed by atoms with van der Waals surface area (Å²) in [6.07, 6.45) is 0. The minimum Gasteiger partial charge on any atom is -0.491 e. The molecule has 1 amide bonds. The van der Waals surface area contributed by atoms with E-state index in [2.05, 4.69) is 21.2 Å². The van der Waals surface area contributed by atoms with Crippen LogP contribution in [0.4, 0.5) is 5.69 Å². The Morgan fingerprint density at radius 3 is 2.24 bits per heavy atom. The molecule has 3 rings (SSSR count). The Kier molecular flexibility index (Phi) is 8.15. The fourth-order valence-corrected chi connectivity index (χ4v) is 4.85. The summed E-state index contributed by atoms with van der Waals surface area (Å²) in [6, 6.07) is 19.3. The van der Waals surface area contributed by atoms with Gasteiger partial charge in [0.2, 0.25) is 5.91 Å². The van der Waals surface area contributed by atoms with Gasteiger partial charge in [0.05, 0.1) is 17.1 Å². The molecule has 0 atom stereocenters. The molecule has 0 saturated heterocycles. The Balaban J connectivity index is 1.70. The van der Waals surface area contributed by atoms with Gasteiger partial charge in [0, 0.05) is 4.47 Å². The van der Waals surface area contributed by atoms with E-state index in [0.29, 0.717) is 5.69 Å². The number of nitrogens with zero attached hydrogens (tertiary/aromatic N) is 1. The summed E-state index contributed by atoms with van der Waals surface area (Å²) in [5.41, 5.74) is 3.45. The van der Waals surface area contributed by atoms with Gasteiger partial charge in [0.1, 0.15) is 18.9 Å². The number of aryl methyl sites for hydroxylation is 3. The summed E-state index contributed by atoms with van der Waals surface area (Å²) in [5.74, 6) is 0.348. The zero-order valence-corrected chi connectivity index (χ0v) is 21.2. The number of rotatable bonds is 9. The van der Waals surface area contributed by atoms with Crippen LogP contribution in [0.5, 0.6) is 5.75 Å². The van der Waals surface area contributed by atoms with E-state index in [4.69, 9.17) is 4.74 Å². The van der Waals surface area contributed by atoms with Crippen molar-refractivity contribution in [2.45, 2.75) is 25.7 Å². The first-order valence-electron chi connectivity index (χ1n) is 10.5. The molecule has 6 nitrogen and oxygen atoms in total. The molecule has 0 aromatic heterocycles. The van der Waals surface area contributed by atoms with E-state index in [-0.39, 0.29) is 24.6 Å². The number of amides is 1. The van der Waals surface area contributed by atoms with Crippen LogP contribution in [0.2, 0.25) is 0 Å². The molecule has 8 heteroatoms. The second kappa shape index (κ2) is 10.9. The summed E-state index contributed by atoms with van der Waals surface area (Å²) in [4.78, 5) is 12.8. The van der Waals surface area contributed by atoms with Crippen molar-refractivity contribution in [1.82, 2.24) is 5.32 Å². The largest absolute Gasteiger partial charge is 0.491 e. The topological polar surface area (TPSA) is 75.7 Å². The van der Waals surface area contributed by atoms with Crippen molar-refractivity contribution >= 4 is 37.5 Å². The lowest BCUT2D eigenvalue weighted by Crippen LogP contribution is -2.41. The van der Waals surface area contributed by atoms with Crippen LogP contribution < -0.4 is 14.4 Å². The molecule has 3 aromatic rings. The number of carbonyl (C=O) groups is 1. The number of benzene rings is 3. The molecule has 1 N–H and O–H groups in total. The third kappa shape index (κ3) is 6.58. The predicted octanol–water partition coefficient (Wildman–Crippen LogP) is 4.76. The van der Waals surface area contributed by atoms with E-state index in [9.17, 15) is 13.2 Å². The summed E-state index contributed by atoms with van der Waals surface area (Å²) in [6.45, 7) is 6.01. The zero-order chi connectivity index (χ0) is 24.0. The van der Waals surface area contributed by atoms with Crippen LogP contribution in [0.1, 0.15) is 16.7 Å². The number of hydrogen-bond acceptors (Lipinski definition) is 4. The van der Waals surface area contributed by atoms with E-state index in [1.54, 1.807) is 48.5 Å². The minimum atomic E-state index is -3.94. The minimum absolute atomic E-state index is 0.127. The molecule has 0 aliphatic heterocycles. The van der Waals surface area contributed by atoms with Crippen molar-refractivity contribution in [3.8, 4) is 5.75 Å². The molecule has 0 bridgehead atoms. The highest BCUT2D eigenvalue weighted by Gasteiger charge is 2.27. The lowest BCUT2D eigenvalue weighted by molar-refractivity contribution is -0.119. The van der Waals surface area contributed by atoms with E-state index in [1.807, 2.05) is 39.0 Å². The molecule has 174 valence electrons. The Labute approximate surface area is 203 Å². The van der Waals surface area contributed by atoms with Crippen LogP contribution in [0.3, 0.4) is 0 Å². The van der Waals surface area contributed by atoms with Crippen LogP contribution >= 0.6 is 15.9 Å². The van der Waals surface area contributed by atoms with Crippen molar-refractivity contribution in [3.05, 3.63) is 87.9 Å². The van der Waals surface area contributed by atoms with Crippen molar-refractivity contribution in [2.24, 2.45) is 0 Å². The highest BCUT2D eigenvalue weighted by Crippen LogP contribution is 2.25.